The van der Waals surface area contributed by atoms with Gasteiger partial charge in [0.1, 0.15) is 12.6 Å². The van der Waals surface area contributed by atoms with E-state index in [4.69, 9.17) is 9.84 Å². The Hall–Kier alpha value is -3.66. The monoisotopic (exact) mass is 540 g/mol. The molecular formula is C25H25BrN4O5. The minimum absolute atomic E-state index is 0.0715. The Balaban J connectivity index is 1.40. The lowest BCUT2D eigenvalue weighted by molar-refractivity contribution is -0.137. The largest absolute Gasteiger partial charge is 0.481 e. The number of nitrogens with one attached hydrogen (secondary N) is 2. The molecule has 0 fully saturated rings. The fourth-order valence-electron chi connectivity index (χ4n) is 4.25. The molecule has 1 heterocycles. The second-order valence-corrected chi connectivity index (χ2v) is 9.09. The number of amides is 2. The zero-order valence-electron chi connectivity index (χ0n) is 19.0. The summed E-state index contributed by atoms with van der Waals surface area (Å²) in [4.78, 5) is 36.5. The first-order chi connectivity index (χ1) is 16.8. The third-order valence-corrected chi connectivity index (χ3v) is 6.70. The molecule has 4 rings (SSSR count). The number of nitrogens with zero attached hydrogens (tertiary/aromatic N) is 2. The van der Waals surface area contributed by atoms with Crippen LogP contribution in [0, 0.1) is 0 Å². The van der Waals surface area contributed by atoms with E-state index in [1.54, 1.807) is 17.9 Å². The molecule has 0 bridgehead atoms. The van der Waals surface area contributed by atoms with Gasteiger partial charge in [-0.1, -0.05) is 48.5 Å². The topological polar surface area (TPSA) is 123 Å². The van der Waals surface area contributed by atoms with Crippen molar-refractivity contribution in [3.05, 3.63) is 76.0 Å². The van der Waals surface area contributed by atoms with Crippen LogP contribution in [0.3, 0.4) is 0 Å². The van der Waals surface area contributed by atoms with E-state index in [0.717, 1.165) is 32.4 Å². The minimum atomic E-state index is -1.06. The van der Waals surface area contributed by atoms with Crippen LogP contribution in [0.5, 0.6) is 0 Å². The standard InChI is InChI=1S/C25H25BrN4O5/c1-30-22(20(26)12-28-30)13-27-24(33)21(10-11-23(31)32)29-25(34)35-14-19-17-8-4-2-6-15(17)16-7-3-5-9-18(16)19/h2-9,12,19,21H,10-11,13-14H2,1H3,(H,27,33)(H,29,34)(H,31,32). The molecule has 1 atom stereocenters. The number of aliphatic carboxylic acids is 1. The average molecular weight is 541 g/mol. The van der Waals surface area contributed by atoms with E-state index >= 15 is 0 Å². The summed E-state index contributed by atoms with van der Waals surface area (Å²) in [6.45, 7) is 0.251. The Morgan fingerprint density at radius 3 is 2.31 bits per heavy atom. The molecule has 10 heteroatoms. The van der Waals surface area contributed by atoms with Gasteiger partial charge in [0.05, 0.1) is 22.9 Å². The molecule has 9 nitrogen and oxygen atoms in total. The molecule has 1 unspecified atom stereocenters. The average Bonchev–Trinajstić information content (AvgIpc) is 3.34. The van der Waals surface area contributed by atoms with Gasteiger partial charge in [-0.15, -0.1) is 0 Å². The Morgan fingerprint density at radius 1 is 1.11 bits per heavy atom. The number of benzene rings is 2. The van der Waals surface area contributed by atoms with Gasteiger partial charge in [-0.05, 0) is 44.6 Å². The van der Waals surface area contributed by atoms with Crippen LogP contribution in [0.4, 0.5) is 4.79 Å². The second kappa shape index (κ2) is 10.7. The molecule has 35 heavy (non-hydrogen) atoms. The molecule has 1 aliphatic carbocycles. The molecule has 2 amide bonds. The van der Waals surface area contributed by atoms with Gasteiger partial charge in [0.25, 0.3) is 0 Å². The summed E-state index contributed by atoms with van der Waals surface area (Å²) in [5, 5.41) is 18.4. The van der Waals surface area contributed by atoms with Crippen LogP contribution in [0.1, 0.15) is 35.6 Å². The SMILES string of the molecule is Cn1ncc(Br)c1CNC(=O)C(CCC(=O)O)NC(=O)OCC1c2ccccc2-c2ccccc21. The van der Waals surface area contributed by atoms with Gasteiger partial charge >= 0.3 is 12.1 Å². The highest BCUT2D eigenvalue weighted by Gasteiger charge is 2.30. The Kier molecular flexibility index (Phi) is 7.50. The molecule has 0 saturated carbocycles. The number of carbonyl (C=O) groups is 3. The van der Waals surface area contributed by atoms with E-state index in [2.05, 4.69) is 31.7 Å². The van der Waals surface area contributed by atoms with Gasteiger partial charge in [0, 0.05) is 19.4 Å². The second-order valence-electron chi connectivity index (χ2n) is 8.24. The Labute approximate surface area is 210 Å². The van der Waals surface area contributed by atoms with Crippen molar-refractivity contribution >= 4 is 33.9 Å². The van der Waals surface area contributed by atoms with Crippen molar-refractivity contribution in [1.82, 2.24) is 20.4 Å². The van der Waals surface area contributed by atoms with Crippen LogP contribution in [0.15, 0.2) is 59.2 Å². The van der Waals surface area contributed by atoms with Crippen molar-refractivity contribution in [2.24, 2.45) is 7.05 Å². The van der Waals surface area contributed by atoms with Crippen LogP contribution < -0.4 is 10.6 Å². The van der Waals surface area contributed by atoms with Crippen molar-refractivity contribution in [3.63, 3.8) is 0 Å². The maximum atomic E-state index is 12.8. The first-order valence-corrected chi connectivity index (χ1v) is 11.9. The summed E-state index contributed by atoms with van der Waals surface area (Å²) in [5.41, 5.74) is 5.10. The van der Waals surface area contributed by atoms with E-state index in [1.165, 1.54) is 0 Å². The van der Waals surface area contributed by atoms with Crippen LogP contribution in [-0.4, -0.2) is 45.5 Å². The molecule has 3 aromatic rings. The highest BCUT2D eigenvalue weighted by molar-refractivity contribution is 9.10. The first-order valence-electron chi connectivity index (χ1n) is 11.1. The molecular weight excluding hydrogens is 516 g/mol. The highest BCUT2D eigenvalue weighted by atomic mass is 79.9. The summed E-state index contributed by atoms with van der Waals surface area (Å²) in [5.74, 6) is -1.69. The lowest BCUT2D eigenvalue weighted by Gasteiger charge is -2.19. The number of carboxylic acids is 1. The smallest absolute Gasteiger partial charge is 0.407 e. The van der Waals surface area contributed by atoms with Crippen molar-refractivity contribution < 1.29 is 24.2 Å². The highest BCUT2D eigenvalue weighted by Crippen LogP contribution is 2.44. The molecule has 0 spiro atoms. The summed E-state index contributed by atoms with van der Waals surface area (Å²) in [6, 6.07) is 14.9. The summed E-state index contributed by atoms with van der Waals surface area (Å²) < 4.78 is 7.85. The molecule has 182 valence electrons. The van der Waals surface area contributed by atoms with E-state index in [1.807, 2.05) is 48.5 Å². The van der Waals surface area contributed by atoms with Crippen molar-refractivity contribution in [2.75, 3.05) is 6.61 Å². The van der Waals surface area contributed by atoms with Crippen molar-refractivity contribution in [3.8, 4) is 11.1 Å². The molecule has 0 aliphatic heterocycles. The molecule has 1 aromatic heterocycles. The quantitative estimate of drug-likeness (QED) is 0.381. The van der Waals surface area contributed by atoms with Gasteiger partial charge in [-0.3, -0.25) is 14.3 Å². The normalized spacial score (nSPS) is 13.0. The number of aryl methyl sites for hydroxylation is 1. The van der Waals surface area contributed by atoms with Gasteiger partial charge in [-0.2, -0.15) is 5.10 Å². The van der Waals surface area contributed by atoms with Gasteiger partial charge in [0.15, 0.2) is 0 Å². The molecule has 3 N–H and O–H groups in total. The van der Waals surface area contributed by atoms with Gasteiger partial charge in [-0.25, -0.2) is 4.79 Å². The molecule has 2 aromatic carbocycles. The minimum Gasteiger partial charge on any atom is -0.481 e. The van der Waals surface area contributed by atoms with Crippen molar-refractivity contribution in [2.45, 2.75) is 31.3 Å². The number of fused-ring (bicyclic) bond motifs is 3. The number of rotatable bonds is 9. The molecule has 1 aliphatic rings. The van der Waals surface area contributed by atoms with Gasteiger partial charge < -0.3 is 20.5 Å². The predicted octanol–water partition coefficient (Wildman–Crippen LogP) is 3.57. The number of carbonyl (C=O) groups excluding carboxylic acids is 2. The zero-order valence-corrected chi connectivity index (χ0v) is 20.6. The van der Waals surface area contributed by atoms with Crippen LogP contribution in [0.25, 0.3) is 11.1 Å². The summed E-state index contributed by atoms with van der Waals surface area (Å²) in [7, 11) is 1.74. The van der Waals surface area contributed by atoms with Crippen LogP contribution in [0.2, 0.25) is 0 Å². The number of aromatic nitrogens is 2. The maximum Gasteiger partial charge on any atom is 0.407 e. The summed E-state index contributed by atoms with van der Waals surface area (Å²) in [6.07, 6.45) is 0.479. The zero-order chi connectivity index (χ0) is 24.9. The third-order valence-electron chi connectivity index (χ3n) is 6.04. The number of alkyl carbamates (subject to hydrolysis) is 1. The van der Waals surface area contributed by atoms with Crippen LogP contribution in [-0.2, 0) is 27.9 Å². The first kappa shape index (κ1) is 24.5. The third kappa shape index (κ3) is 5.54. The number of carboxylic acid groups (broad SMARTS) is 1. The maximum absolute atomic E-state index is 12.8. The number of hydrogen-bond donors (Lipinski definition) is 3. The number of ether oxygens (including phenoxy) is 1. The Morgan fingerprint density at radius 2 is 1.74 bits per heavy atom. The predicted molar refractivity (Wildman–Crippen MR) is 132 cm³/mol. The Bertz CT molecular complexity index is 1190. The molecule has 0 radical (unpaired) electrons. The fourth-order valence-corrected chi connectivity index (χ4v) is 4.74. The van der Waals surface area contributed by atoms with E-state index in [-0.39, 0.29) is 31.9 Å². The lowest BCUT2D eigenvalue weighted by Crippen LogP contribution is -2.47. The lowest BCUT2D eigenvalue weighted by atomic mass is 9.98. The molecule has 0 saturated heterocycles. The van der Waals surface area contributed by atoms with Crippen molar-refractivity contribution in [1.29, 1.82) is 0 Å². The van der Waals surface area contributed by atoms with E-state index in [0.29, 0.717) is 0 Å². The number of halogens is 1. The van der Waals surface area contributed by atoms with E-state index in [9.17, 15) is 14.4 Å². The van der Waals surface area contributed by atoms with Gasteiger partial charge in [0.2, 0.25) is 5.91 Å². The summed E-state index contributed by atoms with van der Waals surface area (Å²) >= 11 is 3.37. The number of hydrogen-bond acceptors (Lipinski definition) is 5. The fraction of sp³-hybridized carbons (Fsp3) is 0.280. The van der Waals surface area contributed by atoms with Crippen LogP contribution >= 0.6 is 15.9 Å². The van der Waals surface area contributed by atoms with E-state index < -0.39 is 24.0 Å².